The summed E-state index contributed by atoms with van der Waals surface area (Å²) >= 11 is 0. The van der Waals surface area contributed by atoms with Crippen LogP contribution in [0.5, 0.6) is 0 Å². The van der Waals surface area contributed by atoms with Crippen molar-refractivity contribution in [2.45, 2.75) is 129 Å². The zero-order chi connectivity index (χ0) is 30.3. The highest BCUT2D eigenvalue weighted by Crippen LogP contribution is 2.41. The molecule has 0 saturated carbocycles. The van der Waals surface area contributed by atoms with Crippen LogP contribution in [0.2, 0.25) is 0 Å². The van der Waals surface area contributed by atoms with Gasteiger partial charge in [0.2, 0.25) is 0 Å². The summed E-state index contributed by atoms with van der Waals surface area (Å²) in [6.45, 7) is 18.2. The molecule has 0 aromatic heterocycles. The highest BCUT2D eigenvalue weighted by Gasteiger charge is 2.50. The van der Waals surface area contributed by atoms with Crippen LogP contribution in [-0.4, -0.2) is 68.4 Å². The normalized spacial score (nSPS) is 22.6. The quantitative estimate of drug-likeness (QED) is 0.441. The standard InChI is InChI=1S/C30H44N2O8/c1-19(33)39-31-27(3,4)15-21(16-28(31,5)6)37-25(35)23-13-11-12-14-24(23)26(36)38-22-17-29(7,8)32(40-20(2)34)30(9,10)18-22/h11-14,21-22H,15-18H2,1-10H3. The number of esters is 2. The van der Waals surface area contributed by atoms with Crippen molar-refractivity contribution in [2.75, 3.05) is 0 Å². The van der Waals surface area contributed by atoms with Crippen LogP contribution in [0.4, 0.5) is 0 Å². The Morgan fingerprint density at radius 3 is 1.12 bits per heavy atom. The van der Waals surface area contributed by atoms with Crippen LogP contribution in [0.3, 0.4) is 0 Å². The molecule has 2 aliphatic heterocycles. The van der Waals surface area contributed by atoms with Gasteiger partial charge in [0, 0.05) is 39.5 Å². The summed E-state index contributed by atoms with van der Waals surface area (Å²) < 4.78 is 11.9. The first-order valence-corrected chi connectivity index (χ1v) is 13.7. The minimum absolute atomic E-state index is 0.126. The Morgan fingerprint density at radius 2 is 0.875 bits per heavy atom. The van der Waals surface area contributed by atoms with Crippen molar-refractivity contribution in [1.29, 1.82) is 0 Å². The van der Waals surface area contributed by atoms with Crippen LogP contribution in [0.15, 0.2) is 24.3 Å². The molecule has 0 bridgehead atoms. The fourth-order valence-corrected chi connectivity index (χ4v) is 6.53. The highest BCUT2D eigenvalue weighted by atomic mass is 16.7. The number of hydroxylamine groups is 4. The van der Waals surface area contributed by atoms with Gasteiger partial charge in [0.15, 0.2) is 0 Å². The molecule has 0 aliphatic carbocycles. The summed E-state index contributed by atoms with van der Waals surface area (Å²) in [6, 6.07) is 6.46. The Hall–Kier alpha value is -2.98. The van der Waals surface area contributed by atoms with E-state index in [1.807, 2.05) is 55.4 Å². The largest absolute Gasteiger partial charge is 0.459 e. The lowest BCUT2D eigenvalue weighted by atomic mass is 9.80. The van der Waals surface area contributed by atoms with E-state index in [0.29, 0.717) is 25.7 Å². The van der Waals surface area contributed by atoms with Crippen molar-refractivity contribution in [3.8, 4) is 0 Å². The van der Waals surface area contributed by atoms with E-state index < -0.39 is 58.2 Å². The molecular formula is C30H44N2O8. The fourth-order valence-electron chi connectivity index (χ4n) is 6.53. The molecule has 0 N–H and O–H groups in total. The van der Waals surface area contributed by atoms with Gasteiger partial charge < -0.3 is 19.1 Å². The molecule has 1 aromatic rings. The molecule has 3 rings (SSSR count). The number of carbonyl (C=O) groups is 4. The van der Waals surface area contributed by atoms with E-state index in [9.17, 15) is 19.2 Å². The molecule has 0 spiro atoms. The van der Waals surface area contributed by atoms with E-state index in [4.69, 9.17) is 19.1 Å². The Labute approximate surface area is 237 Å². The van der Waals surface area contributed by atoms with Gasteiger partial charge in [0.05, 0.1) is 33.3 Å². The van der Waals surface area contributed by atoms with Crippen LogP contribution < -0.4 is 0 Å². The van der Waals surface area contributed by atoms with Gasteiger partial charge in [-0.05, 0) is 67.5 Å². The third kappa shape index (κ3) is 7.01. The summed E-state index contributed by atoms with van der Waals surface area (Å²) in [7, 11) is 0. The minimum Gasteiger partial charge on any atom is -0.459 e. The number of benzene rings is 1. The molecule has 0 atom stereocenters. The van der Waals surface area contributed by atoms with Crippen molar-refractivity contribution in [3.63, 3.8) is 0 Å². The number of nitrogens with zero attached hydrogens (tertiary/aromatic N) is 2. The van der Waals surface area contributed by atoms with Gasteiger partial charge in [0.1, 0.15) is 12.2 Å². The van der Waals surface area contributed by atoms with Crippen molar-refractivity contribution < 1.29 is 38.3 Å². The van der Waals surface area contributed by atoms with E-state index >= 15 is 0 Å². The average molecular weight is 561 g/mol. The maximum Gasteiger partial charge on any atom is 0.339 e. The maximum absolute atomic E-state index is 13.4. The van der Waals surface area contributed by atoms with Gasteiger partial charge in [-0.2, -0.15) is 0 Å². The molecule has 222 valence electrons. The molecule has 2 saturated heterocycles. The highest BCUT2D eigenvalue weighted by molar-refractivity contribution is 6.03. The zero-order valence-corrected chi connectivity index (χ0v) is 25.5. The number of ether oxygens (including phenoxy) is 2. The monoisotopic (exact) mass is 560 g/mol. The molecule has 10 nitrogen and oxygen atoms in total. The summed E-state index contributed by atoms with van der Waals surface area (Å²) in [5.41, 5.74) is -2.09. The van der Waals surface area contributed by atoms with E-state index in [1.54, 1.807) is 34.4 Å². The molecule has 0 radical (unpaired) electrons. The first-order valence-electron chi connectivity index (χ1n) is 13.7. The molecule has 10 heteroatoms. The summed E-state index contributed by atoms with van der Waals surface area (Å²) in [5.74, 6) is -2.05. The Morgan fingerprint density at radius 1 is 0.600 bits per heavy atom. The molecule has 0 unspecified atom stereocenters. The van der Waals surface area contributed by atoms with Gasteiger partial charge in [0.25, 0.3) is 0 Å². The molecule has 2 heterocycles. The molecule has 2 fully saturated rings. The average Bonchev–Trinajstić information content (AvgIpc) is 2.77. The zero-order valence-electron chi connectivity index (χ0n) is 25.5. The fraction of sp³-hybridized carbons (Fsp3) is 0.667. The summed E-state index contributed by atoms with van der Waals surface area (Å²) in [4.78, 5) is 61.1. The second-order valence-electron chi connectivity index (χ2n) is 13.4. The second kappa shape index (κ2) is 11.1. The molecule has 0 amide bonds. The number of carbonyl (C=O) groups excluding carboxylic acids is 4. The van der Waals surface area contributed by atoms with Crippen molar-refractivity contribution >= 4 is 23.9 Å². The predicted molar refractivity (Wildman–Crippen MR) is 147 cm³/mol. The van der Waals surface area contributed by atoms with Gasteiger partial charge in [-0.3, -0.25) is 9.59 Å². The van der Waals surface area contributed by atoms with E-state index in [0.717, 1.165) is 0 Å². The van der Waals surface area contributed by atoms with Gasteiger partial charge in [-0.15, -0.1) is 10.1 Å². The molecule has 1 aromatic carbocycles. The van der Waals surface area contributed by atoms with Crippen molar-refractivity contribution in [2.24, 2.45) is 0 Å². The lowest BCUT2D eigenvalue weighted by molar-refractivity contribution is -0.274. The smallest absolute Gasteiger partial charge is 0.339 e. The number of piperidine rings is 2. The van der Waals surface area contributed by atoms with Crippen LogP contribution >= 0.6 is 0 Å². The SMILES string of the molecule is CC(=O)ON1C(C)(C)CC(OC(=O)c2ccccc2C(=O)OC2CC(C)(C)N(OC(C)=O)C(C)(C)C2)CC1(C)C. The van der Waals surface area contributed by atoms with Gasteiger partial charge in [-0.25, -0.2) is 9.59 Å². The van der Waals surface area contributed by atoms with E-state index in [2.05, 4.69) is 0 Å². The van der Waals surface area contributed by atoms with Gasteiger partial charge >= 0.3 is 23.9 Å². The summed E-state index contributed by atoms with van der Waals surface area (Å²) in [6.07, 6.45) is 0.835. The molecule has 2 aliphatic rings. The number of hydrogen-bond acceptors (Lipinski definition) is 10. The van der Waals surface area contributed by atoms with Crippen LogP contribution in [0, 0.1) is 0 Å². The lowest BCUT2D eigenvalue weighted by Crippen LogP contribution is -2.62. The van der Waals surface area contributed by atoms with Gasteiger partial charge in [-0.1, -0.05) is 12.1 Å². The van der Waals surface area contributed by atoms with Crippen LogP contribution in [-0.2, 0) is 28.7 Å². The predicted octanol–water partition coefficient (Wildman–Crippen LogP) is 5.00. The van der Waals surface area contributed by atoms with Crippen molar-refractivity contribution in [1.82, 2.24) is 10.1 Å². The third-order valence-corrected chi connectivity index (χ3v) is 7.46. The Balaban J connectivity index is 1.75. The first kappa shape index (κ1) is 31.5. The van der Waals surface area contributed by atoms with Crippen molar-refractivity contribution in [3.05, 3.63) is 35.4 Å². The molecule has 40 heavy (non-hydrogen) atoms. The first-order chi connectivity index (χ1) is 18.2. The minimum atomic E-state index is -0.615. The third-order valence-electron chi connectivity index (χ3n) is 7.46. The Kier molecular flexibility index (Phi) is 8.77. The number of rotatable bonds is 6. The lowest BCUT2D eigenvalue weighted by Gasteiger charge is -2.52. The maximum atomic E-state index is 13.4. The Bertz CT molecular complexity index is 1030. The number of hydrogen-bond donors (Lipinski definition) is 0. The topological polar surface area (TPSA) is 112 Å². The summed E-state index contributed by atoms with van der Waals surface area (Å²) in [5, 5.41) is 3.35. The molecular weight excluding hydrogens is 516 g/mol. The van der Waals surface area contributed by atoms with E-state index in [-0.39, 0.29) is 11.1 Å². The van der Waals surface area contributed by atoms with Crippen LogP contribution in [0.1, 0.15) is 116 Å². The second-order valence-corrected chi connectivity index (χ2v) is 13.4. The van der Waals surface area contributed by atoms with Crippen LogP contribution in [0.25, 0.3) is 0 Å². The van der Waals surface area contributed by atoms with E-state index in [1.165, 1.54) is 13.8 Å².